The first kappa shape index (κ1) is 18.6. The molecule has 5 rings (SSSR count). The monoisotopic (exact) mass is 397 g/mol. The van der Waals surface area contributed by atoms with E-state index in [1.807, 2.05) is 54.6 Å². The number of hydrogen-bond donors (Lipinski definition) is 0. The molecule has 150 valence electrons. The Morgan fingerprint density at radius 3 is 2.13 bits per heavy atom. The Labute approximate surface area is 176 Å². The average molecular weight is 397 g/mol. The van der Waals surface area contributed by atoms with Gasteiger partial charge in [0.05, 0.1) is 5.92 Å². The third kappa shape index (κ3) is 3.39. The lowest BCUT2D eigenvalue weighted by atomic mass is 10.1. The highest BCUT2D eigenvalue weighted by Gasteiger charge is 2.38. The summed E-state index contributed by atoms with van der Waals surface area (Å²) in [5.41, 5.74) is 5.43. The van der Waals surface area contributed by atoms with E-state index in [1.54, 1.807) is 4.90 Å². The van der Waals surface area contributed by atoms with Crippen molar-refractivity contribution in [2.75, 3.05) is 13.1 Å². The van der Waals surface area contributed by atoms with Crippen LogP contribution >= 0.6 is 0 Å². The number of rotatable bonds is 5. The van der Waals surface area contributed by atoms with Gasteiger partial charge >= 0.3 is 5.97 Å². The fourth-order valence-corrected chi connectivity index (χ4v) is 4.50. The van der Waals surface area contributed by atoms with Gasteiger partial charge in [-0.15, -0.1) is 0 Å². The molecule has 3 aromatic carbocycles. The number of nitrogens with zero attached hydrogens (tertiary/aromatic N) is 1. The molecule has 2 aliphatic rings. The molecule has 0 bridgehead atoms. The predicted molar refractivity (Wildman–Crippen MR) is 115 cm³/mol. The first-order chi connectivity index (χ1) is 14.7. The summed E-state index contributed by atoms with van der Waals surface area (Å²) in [5.74, 6) is -0.671. The Hall–Kier alpha value is -3.40. The van der Waals surface area contributed by atoms with Gasteiger partial charge in [-0.1, -0.05) is 78.9 Å². The van der Waals surface area contributed by atoms with Gasteiger partial charge < -0.3 is 9.64 Å². The fourth-order valence-electron chi connectivity index (χ4n) is 4.50. The maximum Gasteiger partial charge on any atom is 0.312 e. The second-order valence-electron chi connectivity index (χ2n) is 7.97. The zero-order chi connectivity index (χ0) is 20.5. The first-order valence-corrected chi connectivity index (χ1v) is 10.4. The van der Waals surface area contributed by atoms with Crippen LogP contribution in [0.25, 0.3) is 11.1 Å². The topological polar surface area (TPSA) is 46.6 Å². The standard InChI is InChI=1S/C26H23NO3/c28-24-16-19(17-27(24)15-14-18-8-2-1-3-9-18)26(29)30-25-22-12-6-4-10-20(22)21-11-5-7-13-23(21)25/h1-13,19,25H,14-17H2/t19-/m0/s1. The molecule has 30 heavy (non-hydrogen) atoms. The van der Waals surface area contributed by atoms with Gasteiger partial charge in [0.25, 0.3) is 0 Å². The molecule has 1 aliphatic heterocycles. The van der Waals surface area contributed by atoms with Crippen molar-refractivity contribution in [1.29, 1.82) is 0 Å². The molecule has 1 atom stereocenters. The van der Waals surface area contributed by atoms with Crippen molar-refractivity contribution in [3.63, 3.8) is 0 Å². The number of esters is 1. The van der Waals surface area contributed by atoms with Gasteiger partial charge in [-0.3, -0.25) is 9.59 Å². The lowest BCUT2D eigenvalue weighted by molar-refractivity contribution is -0.152. The van der Waals surface area contributed by atoms with Gasteiger partial charge in [0.15, 0.2) is 6.10 Å². The SMILES string of the molecule is O=C(OC1c2ccccc2-c2ccccc21)[C@H]1CC(=O)N(CCc2ccccc2)C1. The minimum atomic E-state index is -0.409. The molecule has 0 saturated carbocycles. The zero-order valence-corrected chi connectivity index (χ0v) is 16.7. The Balaban J connectivity index is 1.28. The number of benzene rings is 3. The van der Waals surface area contributed by atoms with Gasteiger partial charge in [-0.25, -0.2) is 0 Å². The van der Waals surface area contributed by atoms with Crippen LogP contribution in [-0.2, 0) is 20.7 Å². The van der Waals surface area contributed by atoms with E-state index in [4.69, 9.17) is 4.74 Å². The molecule has 1 saturated heterocycles. The van der Waals surface area contributed by atoms with E-state index >= 15 is 0 Å². The quantitative estimate of drug-likeness (QED) is 0.600. The molecule has 1 amide bonds. The highest BCUT2D eigenvalue weighted by atomic mass is 16.5. The summed E-state index contributed by atoms with van der Waals surface area (Å²) in [4.78, 5) is 27.2. The van der Waals surface area contributed by atoms with Crippen molar-refractivity contribution < 1.29 is 14.3 Å². The largest absolute Gasteiger partial charge is 0.452 e. The molecule has 1 heterocycles. The third-order valence-electron chi connectivity index (χ3n) is 6.07. The van der Waals surface area contributed by atoms with E-state index < -0.39 is 12.0 Å². The van der Waals surface area contributed by atoms with Crippen molar-refractivity contribution in [3.05, 3.63) is 95.6 Å². The van der Waals surface area contributed by atoms with Gasteiger partial charge in [-0.05, 0) is 23.1 Å². The Bertz CT molecular complexity index is 1050. The summed E-state index contributed by atoms with van der Waals surface area (Å²) < 4.78 is 5.99. The van der Waals surface area contributed by atoms with Crippen molar-refractivity contribution in [3.8, 4) is 11.1 Å². The Morgan fingerprint density at radius 2 is 1.47 bits per heavy atom. The molecule has 0 aromatic heterocycles. The van der Waals surface area contributed by atoms with Crippen LogP contribution < -0.4 is 0 Å². The molecular formula is C26H23NO3. The number of ether oxygens (including phenoxy) is 1. The molecule has 0 radical (unpaired) electrons. The lowest BCUT2D eigenvalue weighted by Crippen LogP contribution is -2.29. The van der Waals surface area contributed by atoms with E-state index in [9.17, 15) is 9.59 Å². The summed E-state index contributed by atoms with van der Waals surface area (Å²) >= 11 is 0. The lowest BCUT2D eigenvalue weighted by Gasteiger charge is -2.19. The van der Waals surface area contributed by atoms with E-state index in [0.29, 0.717) is 13.1 Å². The number of likely N-dealkylation sites (tertiary alicyclic amines) is 1. The van der Waals surface area contributed by atoms with Crippen LogP contribution in [0.1, 0.15) is 29.2 Å². The summed E-state index contributed by atoms with van der Waals surface area (Å²) in [7, 11) is 0. The minimum absolute atomic E-state index is 0.0279. The van der Waals surface area contributed by atoms with Crippen LogP contribution in [-0.4, -0.2) is 29.9 Å². The zero-order valence-electron chi connectivity index (χ0n) is 16.7. The van der Waals surface area contributed by atoms with Crippen LogP contribution in [0.5, 0.6) is 0 Å². The number of carbonyl (C=O) groups is 2. The van der Waals surface area contributed by atoms with Crippen LogP contribution in [0.2, 0.25) is 0 Å². The fraction of sp³-hybridized carbons (Fsp3) is 0.231. The number of amides is 1. The van der Waals surface area contributed by atoms with Gasteiger partial charge in [0.1, 0.15) is 0 Å². The van der Waals surface area contributed by atoms with E-state index in [-0.39, 0.29) is 18.3 Å². The van der Waals surface area contributed by atoms with Crippen molar-refractivity contribution >= 4 is 11.9 Å². The highest BCUT2D eigenvalue weighted by molar-refractivity contribution is 5.87. The maximum absolute atomic E-state index is 13.0. The Morgan fingerprint density at radius 1 is 0.867 bits per heavy atom. The van der Waals surface area contributed by atoms with Gasteiger partial charge in [-0.2, -0.15) is 0 Å². The smallest absolute Gasteiger partial charge is 0.312 e. The summed E-state index contributed by atoms with van der Waals surface area (Å²) in [5, 5.41) is 0. The molecule has 4 heteroatoms. The number of carbonyl (C=O) groups excluding carboxylic acids is 2. The van der Waals surface area contributed by atoms with Crippen LogP contribution in [0.3, 0.4) is 0 Å². The van der Waals surface area contributed by atoms with E-state index in [1.165, 1.54) is 5.56 Å². The van der Waals surface area contributed by atoms with Gasteiger partial charge in [0.2, 0.25) is 5.91 Å². The molecule has 3 aromatic rings. The van der Waals surface area contributed by atoms with Crippen molar-refractivity contribution in [1.82, 2.24) is 4.90 Å². The summed E-state index contributed by atoms with van der Waals surface area (Å²) in [6.07, 6.45) is 0.611. The molecule has 0 N–H and O–H groups in total. The second-order valence-corrected chi connectivity index (χ2v) is 7.97. The minimum Gasteiger partial charge on any atom is -0.452 e. The molecule has 1 fully saturated rings. The molecular weight excluding hydrogens is 374 g/mol. The van der Waals surface area contributed by atoms with Crippen LogP contribution in [0.4, 0.5) is 0 Å². The predicted octanol–water partition coefficient (Wildman–Crippen LogP) is 4.39. The Kier molecular flexibility index (Phi) is 4.83. The summed E-state index contributed by atoms with van der Waals surface area (Å²) in [6, 6.07) is 26.2. The number of hydrogen-bond acceptors (Lipinski definition) is 3. The van der Waals surface area contributed by atoms with Crippen LogP contribution in [0.15, 0.2) is 78.9 Å². The van der Waals surface area contributed by atoms with Crippen molar-refractivity contribution in [2.45, 2.75) is 18.9 Å². The van der Waals surface area contributed by atoms with Crippen molar-refractivity contribution in [2.24, 2.45) is 5.92 Å². The van der Waals surface area contributed by atoms with Crippen LogP contribution in [0, 0.1) is 5.92 Å². The number of fused-ring (bicyclic) bond motifs is 3. The molecule has 0 spiro atoms. The maximum atomic E-state index is 13.0. The highest BCUT2D eigenvalue weighted by Crippen LogP contribution is 2.45. The second kappa shape index (κ2) is 7.79. The van der Waals surface area contributed by atoms with E-state index in [2.05, 4.69) is 24.3 Å². The molecule has 1 aliphatic carbocycles. The van der Waals surface area contributed by atoms with Gasteiger partial charge in [0, 0.05) is 30.6 Å². The molecule has 4 nitrogen and oxygen atoms in total. The summed E-state index contributed by atoms with van der Waals surface area (Å²) in [6.45, 7) is 1.06. The third-order valence-corrected chi connectivity index (χ3v) is 6.07. The van der Waals surface area contributed by atoms with E-state index in [0.717, 1.165) is 28.7 Å². The average Bonchev–Trinajstić information content (AvgIpc) is 3.31. The first-order valence-electron chi connectivity index (χ1n) is 10.4. The molecule has 0 unspecified atom stereocenters. The normalized spacial score (nSPS) is 17.7.